The second kappa shape index (κ2) is 6.48. The summed E-state index contributed by atoms with van der Waals surface area (Å²) in [7, 11) is 0. The molecule has 2 aromatic heterocycles. The van der Waals surface area contributed by atoms with E-state index in [9.17, 15) is 0 Å². The van der Waals surface area contributed by atoms with Gasteiger partial charge in [-0.1, -0.05) is 6.07 Å². The summed E-state index contributed by atoms with van der Waals surface area (Å²) in [5.41, 5.74) is 4.04. The fourth-order valence-corrected chi connectivity index (χ4v) is 4.48. The van der Waals surface area contributed by atoms with Crippen LogP contribution in [-0.4, -0.2) is 46.2 Å². The third-order valence-corrected chi connectivity index (χ3v) is 5.96. The zero-order valence-electron chi connectivity index (χ0n) is 13.9. The van der Waals surface area contributed by atoms with Gasteiger partial charge in [-0.3, -0.25) is 0 Å². The summed E-state index contributed by atoms with van der Waals surface area (Å²) in [6.07, 6.45) is 2.98. The van der Waals surface area contributed by atoms with Crippen molar-refractivity contribution in [2.75, 3.05) is 26.4 Å². The Hall–Kier alpha value is -1.83. The number of hydrogen-bond acceptors (Lipinski definition) is 6. The molecule has 0 bridgehead atoms. The fraction of sp³-hybridized carbons (Fsp3) is 0.500. The van der Waals surface area contributed by atoms with E-state index >= 15 is 0 Å². The summed E-state index contributed by atoms with van der Waals surface area (Å²) >= 11 is 1.66. The van der Waals surface area contributed by atoms with Gasteiger partial charge in [0.05, 0.1) is 28.4 Å². The Kier molecular flexibility index (Phi) is 4.00. The van der Waals surface area contributed by atoms with Crippen LogP contribution in [0.4, 0.5) is 0 Å². The second-order valence-electron chi connectivity index (χ2n) is 6.65. The zero-order chi connectivity index (χ0) is 16.6. The maximum atomic E-state index is 5.61. The van der Waals surface area contributed by atoms with Crippen LogP contribution in [0.1, 0.15) is 37.0 Å². The van der Waals surface area contributed by atoms with Crippen LogP contribution in [0.3, 0.4) is 0 Å². The molecule has 2 fully saturated rings. The molecule has 1 unspecified atom stereocenters. The van der Waals surface area contributed by atoms with Crippen LogP contribution < -0.4 is 0 Å². The lowest BCUT2D eigenvalue weighted by atomic mass is 10.00. The topological polar surface area (TPSA) is 62.1 Å². The van der Waals surface area contributed by atoms with Crippen LogP contribution in [0.15, 0.2) is 23.7 Å². The lowest BCUT2D eigenvalue weighted by Crippen LogP contribution is -2.16. The first-order chi connectivity index (χ1) is 12.4. The normalized spacial score (nSPS) is 22.0. The maximum Gasteiger partial charge on any atom is 0.160 e. The van der Waals surface area contributed by atoms with Crippen molar-refractivity contribution in [1.29, 1.82) is 0 Å². The van der Waals surface area contributed by atoms with Crippen molar-refractivity contribution in [3.63, 3.8) is 0 Å². The van der Waals surface area contributed by atoms with Crippen LogP contribution in [-0.2, 0) is 9.47 Å². The predicted molar refractivity (Wildman–Crippen MR) is 95.9 cm³/mol. The Morgan fingerprint density at radius 2 is 1.96 bits per heavy atom. The van der Waals surface area contributed by atoms with E-state index in [-0.39, 0.29) is 6.04 Å². The van der Waals surface area contributed by atoms with Gasteiger partial charge in [0, 0.05) is 31.3 Å². The number of ether oxygens (including phenoxy) is 2. The van der Waals surface area contributed by atoms with E-state index in [0.29, 0.717) is 12.5 Å². The van der Waals surface area contributed by atoms with E-state index in [2.05, 4.69) is 21.8 Å². The van der Waals surface area contributed by atoms with Crippen LogP contribution in [0.25, 0.3) is 21.6 Å². The molecule has 0 spiro atoms. The van der Waals surface area contributed by atoms with Crippen molar-refractivity contribution in [3.05, 3.63) is 29.5 Å². The number of aromatic nitrogens is 4. The maximum absolute atomic E-state index is 5.61. The van der Waals surface area contributed by atoms with Crippen molar-refractivity contribution in [3.8, 4) is 11.4 Å². The van der Waals surface area contributed by atoms with Crippen molar-refractivity contribution in [2.24, 2.45) is 0 Å². The molecule has 7 heteroatoms. The summed E-state index contributed by atoms with van der Waals surface area (Å²) in [6, 6.07) is 6.49. The minimum Gasteiger partial charge on any atom is -0.381 e. The molecule has 4 heterocycles. The van der Waals surface area contributed by atoms with Gasteiger partial charge in [0.2, 0.25) is 0 Å². The van der Waals surface area contributed by atoms with Gasteiger partial charge in [0.15, 0.2) is 11.6 Å². The first-order valence-corrected chi connectivity index (χ1v) is 9.72. The average molecular weight is 356 g/mol. The summed E-state index contributed by atoms with van der Waals surface area (Å²) in [5, 5.41) is 4.94. The molecule has 0 saturated carbocycles. The van der Waals surface area contributed by atoms with Gasteiger partial charge in [-0.15, -0.1) is 11.3 Å². The molecular formula is C18H20N4O2S. The highest BCUT2D eigenvalue weighted by Crippen LogP contribution is 2.35. The van der Waals surface area contributed by atoms with Crippen LogP contribution in [0.2, 0.25) is 0 Å². The third kappa shape index (κ3) is 2.76. The summed E-state index contributed by atoms with van der Waals surface area (Å²) in [6.45, 7) is 3.10. The van der Waals surface area contributed by atoms with Crippen LogP contribution in [0, 0.1) is 0 Å². The number of fused-ring (bicyclic) bond motifs is 1. The summed E-state index contributed by atoms with van der Waals surface area (Å²) in [4.78, 5) is 9.45. The minimum atomic E-state index is 0.263. The van der Waals surface area contributed by atoms with E-state index in [4.69, 9.17) is 19.6 Å². The SMILES string of the molecule is c1cc(-c2nc(C3CCOCC3)nn2C2CCOC2)c2scnc2c1. The summed E-state index contributed by atoms with van der Waals surface area (Å²) < 4.78 is 14.4. The van der Waals surface area contributed by atoms with Gasteiger partial charge in [-0.25, -0.2) is 14.6 Å². The van der Waals surface area contributed by atoms with E-state index in [0.717, 1.165) is 61.8 Å². The lowest BCUT2D eigenvalue weighted by Gasteiger charge is -2.19. The number of nitrogens with zero attached hydrogens (tertiary/aromatic N) is 4. The molecule has 2 aliphatic heterocycles. The van der Waals surface area contributed by atoms with Crippen molar-refractivity contribution in [2.45, 2.75) is 31.2 Å². The van der Waals surface area contributed by atoms with Crippen LogP contribution in [0.5, 0.6) is 0 Å². The molecule has 5 rings (SSSR count). The van der Waals surface area contributed by atoms with Crippen molar-refractivity contribution < 1.29 is 9.47 Å². The number of benzene rings is 1. The monoisotopic (exact) mass is 356 g/mol. The van der Waals surface area contributed by atoms with Gasteiger partial charge < -0.3 is 9.47 Å². The van der Waals surface area contributed by atoms with E-state index in [1.54, 1.807) is 11.3 Å². The molecule has 2 saturated heterocycles. The van der Waals surface area contributed by atoms with Gasteiger partial charge in [0.1, 0.15) is 0 Å². The molecule has 0 radical (unpaired) electrons. The number of rotatable bonds is 3. The third-order valence-electron chi connectivity index (χ3n) is 5.08. The molecule has 0 aliphatic carbocycles. The molecule has 25 heavy (non-hydrogen) atoms. The lowest BCUT2D eigenvalue weighted by molar-refractivity contribution is 0.0835. The van der Waals surface area contributed by atoms with E-state index in [1.807, 2.05) is 11.6 Å². The number of hydrogen-bond donors (Lipinski definition) is 0. The van der Waals surface area contributed by atoms with Crippen molar-refractivity contribution >= 4 is 21.6 Å². The van der Waals surface area contributed by atoms with Gasteiger partial charge >= 0.3 is 0 Å². The second-order valence-corrected chi connectivity index (χ2v) is 7.50. The molecule has 2 aliphatic rings. The Morgan fingerprint density at radius 1 is 1.08 bits per heavy atom. The molecule has 1 atom stereocenters. The summed E-state index contributed by atoms with van der Waals surface area (Å²) in [5.74, 6) is 2.29. The smallest absolute Gasteiger partial charge is 0.160 e. The van der Waals surface area contributed by atoms with Gasteiger partial charge in [-0.2, -0.15) is 5.10 Å². The Balaban J connectivity index is 1.63. The molecule has 1 aromatic carbocycles. The average Bonchev–Trinajstić information content (AvgIpc) is 3.40. The fourth-order valence-electron chi connectivity index (χ4n) is 3.68. The molecule has 6 nitrogen and oxygen atoms in total. The largest absolute Gasteiger partial charge is 0.381 e. The van der Waals surface area contributed by atoms with Crippen LogP contribution >= 0.6 is 11.3 Å². The first-order valence-electron chi connectivity index (χ1n) is 8.84. The molecule has 3 aromatic rings. The highest BCUT2D eigenvalue weighted by molar-refractivity contribution is 7.17. The zero-order valence-corrected chi connectivity index (χ0v) is 14.7. The number of thiazole rings is 1. The molecule has 130 valence electrons. The van der Waals surface area contributed by atoms with Gasteiger partial charge in [0.25, 0.3) is 0 Å². The molecular weight excluding hydrogens is 336 g/mol. The highest BCUT2D eigenvalue weighted by Gasteiger charge is 2.28. The molecule has 0 N–H and O–H groups in total. The minimum absolute atomic E-state index is 0.263. The standard InChI is InChI=1S/C18H20N4O2S/c1-2-14(16-15(3-1)19-11-25-16)18-20-17(12-4-7-23-8-5-12)21-22(18)13-6-9-24-10-13/h1-3,11-13H,4-10H2. The molecule has 0 amide bonds. The van der Waals surface area contributed by atoms with Gasteiger partial charge in [-0.05, 0) is 31.4 Å². The predicted octanol–water partition coefficient (Wildman–Crippen LogP) is 3.41. The van der Waals surface area contributed by atoms with Crippen molar-refractivity contribution in [1.82, 2.24) is 19.7 Å². The first kappa shape index (κ1) is 15.4. The highest BCUT2D eigenvalue weighted by atomic mass is 32.1. The van der Waals surface area contributed by atoms with E-state index < -0.39 is 0 Å². The quantitative estimate of drug-likeness (QED) is 0.720. The Morgan fingerprint density at radius 3 is 2.80 bits per heavy atom. The van der Waals surface area contributed by atoms with E-state index in [1.165, 1.54) is 4.70 Å². The Labute approximate surface area is 149 Å². The Bertz CT molecular complexity index is 878.